The third kappa shape index (κ3) is 3.35. The minimum Gasteiger partial charge on any atom is -0.403 e. The van der Waals surface area contributed by atoms with Crippen LogP contribution in [0.1, 0.15) is 27.7 Å². The van der Waals surface area contributed by atoms with Gasteiger partial charge in [0.2, 0.25) is 0 Å². The molecule has 0 aromatic heterocycles. The second-order valence-electron chi connectivity index (χ2n) is 4.78. The Hall–Kier alpha value is 0.235. The van der Waals surface area contributed by atoms with Crippen molar-refractivity contribution in [2.24, 2.45) is 0 Å². The molecule has 0 spiro atoms. The number of alkyl halides is 1. The van der Waals surface area contributed by atoms with Crippen LogP contribution >= 0.6 is 11.6 Å². The zero-order chi connectivity index (χ0) is 11.5. The van der Waals surface area contributed by atoms with Gasteiger partial charge in [-0.3, -0.25) is 0 Å². The highest BCUT2D eigenvalue weighted by Gasteiger charge is 2.50. The molecular formula is C10H20BClO3. The van der Waals surface area contributed by atoms with Gasteiger partial charge in [0.05, 0.1) is 17.8 Å². The van der Waals surface area contributed by atoms with Gasteiger partial charge in [-0.15, -0.1) is 11.6 Å². The van der Waals surface area contributed by atoms with E-state index in [-0.39, 0.29) is 18.3 Å². The van der Waals surface area contributed by atoms with Crippen molar-refractivity contribution in [3.05, 3.63) is 0 Å². The SMILES string of the molecule is CC1(C)OB(CCOCCCl)OC1(C)C. The lowest BCUT2D eigenvalue weighted by molar-refractivity contribution is 0.00578. The smallest absolute Gasteiger partial charge is 0.403 e. The summed E-state index contributed by atoms with van der Waals surface area (Å²) < 4.78 is 16.9. The molecule has 1 rings (SSSR count). The monoisotopic (exact) mass is 234 g/mol. The molecule has 1 aliphatic heterocycles. The summed E-state index contributed by atoms with van der Waals surface area (Å²) in [5.41, 5.74) is -0.492. The molecule has 0 unspecified atom stereocenters. The molecule has 0 N–H and O–H groups in total. The van der Waals surface area contributed by atoms with Crippen LogP contribution in [0.15, 0.2) is 0 Å². The molecule has 1 saturated heterocycles. The van der Waals surface area contributed by atoms with Crippen molar-refractivity contribution < 1.29 is 14.0 Å². The van der Waals surface area contributed by atoms with Crippen molar-refractivity contribution in [3.8, 4) is 0 Å². The third-order valence-corrected chi connectivity index (χ3v) is 3.18. The largest absolute Gasteiger partial charge is 0.460 e. The lowest BCUT2D eigenvalue weighted by atomic mass is 9.86. The first kappa shape index (κ1) is 13.3. The summed E-state index contributed by atoms with van der Waals surface area (Å²) in [7, 11) is -0.162. The fourth-order valence-corrected chi connectivity index (χ4v) is 1.53. The Balaban J connectivity index is 2.30. The van der Waals surface area contributed by atoms with E-state index in [1.165, 1.54) is 0 Å². The zero-order valence-electron chi connectivity index (χ0n) is 10.0. The summed E-state index contributed by atoms with van der Waals surface area (Å²) in [6, 6.07) is 0. The predicted octanol–water partition coefficient (Wildman–Crippen LogP) is 2.33. The highest BCUT2D eigenvalue weighted by molar-refractivity contribution is 6.45. The van der Waals surface area contributed by atoms with Gasteiger partial charge >= 0.3 is 7.12 Å². The van der Waals surface area contributed by atoms with Crippen molar-refractivity contribution >= 4 is 18.7 Å². The minimum absolute atomic E-state index is 0.162. The van der Waals surface area contributed by atoms with E-state index in [1.807, 2.05) is 27.7 Å². The van der Waals surface area contributed by atoms with Crippen molar-refractivity contribution in [2.45, 2.75) is 45.2 Å². The summed E-state index contributed by atoms with van der Waals surface area (Å²) in [4.78, 5) is 0. The summed E-state index contributed by atoms with van der Waals surface area (Å²) in [5, 5.41) is 0. The molecule has 88 valence electrons. The first-order chi connectivity index (χ1) is 6.89. The van der Waals surface area contributed by atoms with Crippen LogP contribution in [-0.2, 0) is 14.0 Å². The highest BCUT2D eigenvalue weighted by Crippen LogP contribution is 2.37. The van der Waals surface area contributed by atoms with Crippen LogP contribution in [0.3, 0.4) is 0 Å². The molecule has 0 radical (unpaired) electrons. The average Bonchev–Trinajstić information content (AvgIpc) is 2.30. The van der Waals surface area contributed by atoms with Crippen LogP contribution in [0.25, 0.3) is 0 Å². The van der Waals surface area contributed by atoms with Crippen molar-refractivity contribution in [2.75, 3.05) is 19.1 Å². The van der Waals surface area contributed by atoms with Gasteiger partial charge in [-0.2, -0.15) is 0 Å². The van der Waals surface area contributed by atoms with E-state index in [0.29, 0.717) is 19.1 Å². The average molecular weight is 235 g/mol. The Kier molecular flexibility index (Phi) is 4.47. The molecule has 1 fully saturated rings. The van der Waals surface area contributed by atoms with E-state index < -0.39 is 0 Å². The molecule has 15 heavy (non-hydrogen) atoms. The van der Waals surface area contributed by atoms with E-state index in [2.05, 4.69) is 0 Å². The normalized spacial score (nSPS) is 23.4. The topological polar surface area (TPSA) is 27.7 Å². The maximum atomic E-state index is 5.81. The Morgan fingerprint density at radius 2 is 1.60 bits per heavy atom. The van der Waals surface area contributed by atoms with Gasteiger partial charge in [-0.1, -0.05) is 0 Å². The zero-order valence-corrected chi connectivity index (χ0v) is 10.8. The van der Waals surface area contributed by atoms with Gasteiger partial charge in [-0.05, 0) is 27.7 Å². The molecule has 0 aromatic rings. The predicted molar refractivity (Wildman–Crippen MR) is 62.4 cm³/mol. The molecule has 0 bridgehead atoms. The van der Waals surface area contributed by atoms with E-state index in [4.69, 9.17) is 25.6 Å². The van der Waals surface area contributed by atoms with Gasteiger partial charge in [0, 0.05) is 18.8 Å². The van der Waals surface area contributed by atoms with Gasteiger partial charge in [0.25, 0.3) is 0 Å². The summed E-state index contributed by atoms with van der Waals surface area (Å²) in [5.74, 6) is 0.531. The van der Waals surface area contributed by atoms with E-state index in [9.17, 15) is 0 Å². The molecule has 1 aliphatic rings. The Morgan fingerprint density at radius 3 is 2.07 bits per heavy atom. The molecule has 0 amide bonds. The number of hydrogen-bond acceptors (Lipinski definition) is 3. The summed E-state index contributed by atoms with van der Waals surface area (Å²) in [6.07, 6.45) is 0.754. The number of halogens is 1. The second-order valence-corrected chi connectivity index (χ2v) is 5.15. The van der Waals surface area contributed by atoms with Gasteiger partial charge < -0.3 is 14.0 Å². The van der Waals surface area contributed by atoms with Gasteiger partial charge in [0.1, 0.15) is 0 Å². The molecule has 5 heteroatoms. The van der Waals surface area contributed by atoms with Crippen LogP contribution in [0, 0.1) is 0 Å². The number of hydrogen-bond donors (Lipinski definition) is 0. The van der Waals surface area contributed by atoms with Gasteiger partial charge in [-0.25, -0.2) is 0 Å². The molecule has 0 atom stereocenters. The standard InChI is InChI=1S/C10H20BClO3/c1-9(2)10(3,4)15-11(14-9)5-7-13-8-6-12/h5-8H2,1-4H3. The maximum absolute atomic E-state index is 5.81. The Labute approximate surface area is 97.6 Å². The fraction of sp³-hybridized carbons (Fsp3) is 1.00. The van der Waals surface area contributed by atoms with Crippen molar-refractivity contribution in [3.63, 3.8) is 0 Å². The lowest BCUT2D eigenvalue weighted by Gasteiger charge is -2.32. The van der Waals surface area contributed by atoms with Crippen LogP contribution in [0.4, 0.5) is 0 Å². The summed E-state index contributed by atoms with van der Waals surface area (Å²) >= 11 is 5.50. The third-order valence-electron chi connectivity index (χ3n) is 3.02. The maximum Gasteiger partial charge on any atom is 0.460 e. The highest BCUT2D eigenvalue weighted by atomic mass is 35.5. The van der Waals surface area contributed by atoms with E-state index >= 15 is 0 Å². The van der Waals surface area contributed by atoms with Crippen LogP contribution in [0.5, 0.6) is 0 Å². The minimum atomic E-state index is -0.246. The Morgan fingerprint density at radius 1 is 1.07 bits per heavy atom. The molecule has 3 nitrogen and oxygen atoms in total. The van der Waals surface area contributed by atoms with E-state index in [1.54, 1.807) is 0 Å². The fourth-order valence-electron chi connectivity index (χ4n) is 1.42. The lowest BCUT2D eigenvalue weighted by Crippen LogP contribution is -2.41. The molecule has 0 saturated carbocycles. The first-order valence-corrected chi connectivity index (χ1v) is 5.92. The van der Waals surface area contributed by atoms with Crippen LogP contribution in [-0.4, -0.2) is 37.4 Å². The number of ether oxygens (including phenoxy) is 1. The molecule has 0 aliphatic carbocycles. The quantitative estimate of drug-likeness (QED) is 0.415. The molecular weight excluding hydrogens is 214 g/mol. The number of rotatable bonds is 5. The van der Waals surface area contributed by atoms with Crippen molar-refractivity contribution in [1.82, 2.24) is 0 Å². The van der Waals surface area contributed by atoms with Crippen LogP contribution in [0.2, 0.25) is 6.32 Å². The molecule has 1 heterocycles. The molecule has 0 aromatic carbocycles. The first-order valence-electron chi connectivity index (χ1n) is 5.38. The van der Waals surface area contributed by atoms with E-state index in [0.717, 1.165) is 6.32 Å². The van der Waals surface area contributed by atoms with Crippen LogP contribution < -0.4 is 0 Å². The Bertz CT molecular complexity index is 193. The van der Waals surface area contributed by atoms with Gasteiger partial charge in [0.15, 0.2) is 0 Å². The second kappa shape index (κ2) is 5.04. The van der Waals surface area contributed by atoms with Crippen molar-refractivity contribution in [1.29, 1.82) is 0 Å². The summed E-state index contributed by atoms with van der Waals surface area (Å²) in [6.45, 7) is 9.41.